The molecule has 0 radical (unpaired) electrons. The van der Waals surface area contributed by atoms with Crippen molar-refractivity contribution in [1.29, 1.82) is 0 Å². The summed E-state index contributed by atoms with van der Waals surface area (Å²) in [6, 6.07) is 10.2. The van der Waals surface area contributed by atoms with E-state index in [0.29, 0.717) is 6.42 Å². The van der Waals surface area contributed by atoms with Gasteiger partial charge in [0.1, 0.15) is 6.33 Å². The summed E-state index contributed by atoms with van der Waals surface area (Å²) in [4.78, 5) is 27.8. The molecule has 26 heavy (non-hydrogen) atoms. The first-order valence-corrected chi connectivity index (χ1v) is 8.95. The van der Waals surface area contributed by atoms with E-state index in [0.717, 1.165) is 37.3 Å². The summed E-state index contributed by atoms with van der Waals surface area (Å²) < 4.78 is 1.83. The molecule has 1 aromatic carbocycles. The summed E-state index contributed by atoms with van der Waals surface area (Å²) in [6.45, 7) is 0.787. The Balaban J connectivity index is 1.48. The summed E-state index contributed by atoms with van der Waals surface area (Å²) >= 11 is 0. The number of rotatable bonds is 5. The van der Waals surface area contributed by atoms with E-state index < -0.39 is 0 Å². The highest BCUT2D eigenvalue weighted by Gasteiger charge is 2.31. The van der Waals surface area contributed by atoms with Crippen molar-refractivity contribution in [3.63, 3.8) is 0 Å². The van der Waals surface area contributed by atoms with Gasteiger partial charge in [-0.1, -0.05) is 30.3 Å². The van der Waals surface area contributed by atoms with Crippen molar-refractivity contribution in [1.82, 2.24) is 24.4 Å². The Morgan fingerprint density at radius 1 is 1.15 bits per heavy atom. The third-order valence-electron chi connectivity index (χ3n) is 4.79. The average molecular weight is 347 g/mol. The molecule has 4 rings (SSSR count). The maximum atomic E-state index is 12.8. The van der Waals surface area contributed by atoms with E-state index in [1.54, 1.807) is 24.9 Å². The quantitative estimate of drug-likeness (QED) is 0.712. The van der Waals surface area contributed by atoms with Crippen LogP contribution in [-0.4, -0.2) is 36.9 Å². The molecule has 2 aromatic heterocycles. The molecule has 3 aromatic rings. The van der Waals surface area contributed by atoms with Crippen LogP contribution in [0.5, 0.6) is 0 Å². The van der Waals surface area contributed by atoms with Crippen LogP contribution in [0.4, 0.5) is 0 Å². The minimum absolute atomic E-state index is 0.00856. The van der Waals surface area contributed by atoms with Gasteiger partial charge in [-0.3, -0.25) is 14.3 Å². The van der Waals surface area contributed by atoms with Gasteiger partial charge in [0.25, 0.3) is 0 Å². The van der Waals surface area contributed by atoms with E-state index in [-0.39, 0.29) is 11.9 Å². The van der Waals surface area contributed by atoms with E-state index in [4.69, 9.17) is 4.98 Å². The fourth-order valence-electron chi connectivity index (χ4n) is 3.46. The van der Waals surface area contributed by atoms with Crippen molar-refractivity contribution in [2.45, 2.75) is 31.7 Å². The molecule has 1 amide bonds. The number of likely N-dealkylation sites (tertiary alicyclic amines) is 1. The van der Waals surface area contributed by atoms with E-state index in [1.165, 1.54) is 5.56 Å². The van der Waals surface area contributed by atoms with Gasteiger partial charge in [0.15, 0.2) is 5.82 Å². The third kappa shape index (κ3) is 3.49. The van der Waals surface area contributed by atoms with Crippen molar-refractivity contribution in [2.75, 3.05) is 6.54 Å². The number of amides is 1. The van der Waals surface area contributed by atoms with Crippen LogP contribution in [0.2, 0.25) is 0 Å². The minimum Gasteiger partial charge on any atom is -0.334 e. The predicted octanol–water partition coefficient (Wildman–Crippen LogP) is 2.96. The van der Waals surface area contributed by atoms with Gasteiger partial charge < -0.3 is 4.90 Å². The number of aromatic nitrogens is 4. The highest BCUT2D eigenvalue weighted by atomic mass is 16.2. The van der Waals surface area contributed by atoms with E-state index in [2.05, 4.69) is 22.1 Å². The fourth-order valence-corrected chi connectivity index (χ4v) is 3.46. The Hall–Kier alpha value is -3.02. The zero-order chi connectivity index (χ0) is 17.8. The molecule has 132 valence electrons. The highest BCUT2D eigenvalue weighted by molar-refractivity contribution is 5.77. The standard InChI is InChI=1S/C20H21N5O/c26-20(9-8-16-5-2-1-3-6-16)25-11-4-7-18(25)17-13-22-14-19(23-17)24-12-10-21-15-24/h1-3,5-6,10,12-15,18H,4,7-9,11H2/t18-/m0/s1. The second-order valence-corrected chi connectivity index (χ2v) is 6.50. The Morgan fingerprint density at radius 3 is 2.85 bits per heavy atom. The molecular weight excluding hydrogens is 326 g/mol. The van der Waals surface area contributed by atoms with Crippen LogP contribution in [0.1, 0.15) is 36.6 Å². The van der Waals surface area contributed by atoms with Gasteiger partial charge in [0, 0.05) is 25.4 Å². The Kier molecular flexibility index (Phi) is 4.73. The number of nitrogens with zero attached hydrogens (tertiary/aromatic N) is 5. The summed E-state index contributed by atoms with van der Waals surface area (Å²) in [5, 5.41) is 0. The second kappa shape index (κ2) is 7.47. The number of hydrogen-bond acceptors (Lipinski definition) is 4. The van der Waals surface area contributed by atoms with Crippen molar-refractivity contribution < 1.29 is 4.79 Å². The molecule has 1 aliphatic rings. The predicted molar refractivity (Wildman–Crippen MR) is 97.6 cm³/mol. The lowest BCUT2D eigenvalue weighted by Crippen LogP contribution is -2.31. The van der Waals surface area contributed by atoms with Crippen molar-refractivity contribution >= 4 is 5.91 Å². The maximum Gasteiger partial charge on any atom is 0.223 e. The molecule has 0 N–H and O–H groups in total. The lowest BCUT2D eigenvalue weighted by Gasteiger charge is -2.24. The lowest BCUT2D eigenvalue weighted by molar-refractivity contribution is -0.132. The summed E-state index contributed by atoms with van der Waals surface area (Å²) in [7, 11) is 0. The van der Waals surface area contributed by atoms with Gasteiger partial charge in [-0.15, -0.1) is 0 Å². The van der Waals surface area contributed by atoms with Gasteiger partial charge in [0.05, 0.1) is 24.1 Å². The molecule has 6 heteroatoms. The maximum absolute atomic E-state index is 12.8. The monoisotopic (exact) mass is 347 g/mol. The average Bonchev–Trinajstić information content (AvgIpc) is 3.39. The molecule has 0 saturated carbocycles. The van der Waals surface area contributed by atoms with Crippen LogP contribution in [0.15, 0.2) is 61.4 Å². The molecule has 0 unspecified atom stereocenters. The largest absolute Gasteiger partial charge is 0.334 e. The highest BCUT2D eigenvalue weighted by Crippen LogP contribution is 2.31. The molecule has 1 fully saturated rings. The van der Waals surface area contributed by atoms with Gasteiger partial charge in [-0.05, 0) is 24.8 Å². The number of benzene rings is 1. The number of carbonyl (C=O) groups is 1. The molecule has 1 aliphatic heterocycles. The molecule has 3 heterocycles. The van der Waals surface area contributed by atoms with Gasteiger partial charge in [-0.25, -0.2) is 9.97 Å². The summed E-state index contributed by atoms with van der Waals surface area (Å²) in [5.41, 5.74) is 2.04. The minimum atomic E-state index is 0.00856. The normalized spacial score (nSPS) is 16.8. The lowest BCUT2D eigenvalue weighted by atomic mass is 10.1. The molecule has 1 saturated heterocycles. The van der Waals surface area contributed by atoms with E-state index >= 15 is 0 Å². The van der Waals surface area contributed by atoms with Crippen molar-refractivity contribution in [2.24, 2.45) is 0 Å². The Morgan fingerprint density at radius 2 is 2.04 bits per heavy atom. The first-order chi connectivity index (χ1) is 12.8. The molecule has 0 bridgehead atoms. The van der Waals surface area contributed by atoms with Crippen molar-refractivity contribution in [3.05, 3.63) is 72.7 Å². The van der Waals surface area contributed by atoms with Gasteiger partial charge in [-0.2, -0.15) is 0 Å². The van der Waals surface area contributed by atoms with Crippen molar-refractivity contribution in [3.8, 4) is 5.82 Å². The van der Waals surface area contributed by atoms with E-state index in [9.17, 15) is 4.79 Å². The number of aryl methyl sites for hydroxylation is 1. The first-order valence-electron chi connectivity index (χ1n) is 8.95. The number of hydrogen-bond donors (Lipinski definition) is 0. The third-order valence-corrected chi connectivity index (χ3v) is 4.79. The smallest absolute Gasteiger partial charge is 0.223 e. The Labute approximate surface area is 152 Å². The topological polar surface area (TPSA) is 63.9 Å². The summed E-state index contributed by atoms with van der Waals surface area (Å²) in [6.07, 6.45) is 12.0. The number of carbonyl (C=O) groups excluding carboxylic acids is 1. The Bertz CT molecular complexity index is 863. The molecular formula is C20H21N5O. The van der Waals surface area contributed by atoms with Crippen LogP contribution in [0.25, 0.3) is 5.82 Å². The molecule has 1 atom stereocenters. The SMILES string of the molecule is O=C(CCc1ccccc1)N1CCC[C@H]1c1cncc(-n2ccnc2)n1. The second-order valence-electron chi connectivity index (χ2n) is 6.50. The fraction of sp³-hybridized carbons (Fsp3) is 0.300. The van der Waals surface area contributed by atoms with Crippen LogP contribution in [0.3, 0.4) is 0 Å². The van der Waals surface area contributed by atoms with Gasteiger partial charge in [0.2, 0.25) is 5.91 Å². The van der Waals surface area contributed by atoms with Crippen LogP contribution in [0, 0.1) is 0 Å². The molecule has 6 nitrogen and oxygen atoms in total. The molecule has 0 aliphatic carbocycles. The van der Waals surface area contributed by atoms with Crippen LogP contribution in [-0.2, 0) is 11.2 Å². The molecule has 0 spiro atoms. The number of imidazole rings is 1. The zero-order valence-electron chi connectivity index (χ0n) is 14.5. The van der Waals surface area contributed by atoms with Crippen LogP contribution < -0.4 is 0 Å². The zero-order valence-corrected chi connectivity index (χ0v) is 14.5. The summed E-state index contributed by atoms with van der Waals surface area (Å²) in [5.74, 6) is 0.912. The van der Waals surface area contributed by atoms with Gasteiger partial charge >= 0.3 is 0 Å². The van der Waals surface area contributed by atoms with Crippen LogP contribution >= 0.6 is 0 Å². The first kappa shape index (κ1) is 16.4. The van der Waals surface area contributed by atoms with E-state index in [1.807, 2.05) is 33.9 Å².